The minimum Gasteiger partial charge on any atom is -0.383 e. The van der Waals surface area contributed by atoms with E-state index in [1.165, 1.54) is 17.8 Å². The van der Waals surface area contributed by atoms with E-state index in [4.69, 9.17) is 16.2 Å². The number of nitrogens with one attached hydrogen (secondary N) is 1. The molecule has 20 heavy (non-hydrogen) atoms. The number of anilines is 2. The first-order chi connectivity index (χ1) is 9.54. The number of aromatic nitrogens is 2. The summed E-state index contributed by atoms with van der Waals surface area (Å²) in [7, 11) is 0. The van der Waals surface area contributed by atoms with Gasteiger partial charge in [-0.25, -0.2) is 9.97 Å². The maximum atomic E-state index is 12.0. The molecule has 0 saturated carbocycles. The van der Waals surface area contributed by atoms with Crippen LogP contribution in [0.15, 0.2) is 11.2 Å². The van der Waals surface area contributed by atoms with Gasteiger partial charge in [0.05, 0.1) is 11.4 Å². The fourth-order valence-corrected chi connectivity index (χ4v) is 2.71. The molecular formula is C12H19N5O2S. The largest absolute Gasteiger partial charge is 0.383 e. The molecule has 5 N–H and O–H groups in total. The van der Waals surface area contributed by atoms with Crippen LogP contribution in [-0.2, 0) is 9.53 Å². The van der Waals surface area contributed by atoms with Gasteiger partial charge in [-0.05, 0) is 19.8 Å². The molecule has 1 aliphatic heterocycles. The van der Waals surface area contributed by atoms with Crippen LogP contribution in [0.1, 0.15) is 19.8 Å². The fourth-order valence-electron chi connectivity index (χ4n) is 1.89. The molecule has 1 fully saturated rings. The van der Waals surface area contributed by atoms with Gasteiger partial charge in [0, 0.05) is 19.2 Å². The quantitative estimate of drug-likeness (QED) is 0.532. The van der Waals surface area contributed by atoms with Gasteiger partial charge in [0.15, 0.2) is 5.16 Å². The maximum absolute atomic E-state index is 12.0. The summed E-state index contributed by atoms with van der Waals surface area (Å²) in [6, 6.07) is 1.48. The van der Waals surface area contributed by atoms with Crippen molar-refractivity contribution in [3.63, 3.8) is 0 Å². The average Bonchev–Trinajstić information content (AvgIpc) is 2.87. The number of ether oxygens (including phenoxy) is 1. The molecule has 0 radical (unpaired) electrons. The number of thioether (sulfide) groups is 1. The van der Waals surface area contributed by atoms with Gasteiger partial charge in [-0.2, -0.15) is 0 Å². The normalized spacial score (nSPS) is 19.8. The lowest BCUT2D eigenvalue weighted by molar-refractivity contribution is -0.120. The van der Waals surface area contributed by atoms with Crippen molar-refractivity contribution in [1.82, 2.24) is 15.3 Å². The number of nitrogens with zero attached hydrogens (tertiary/aromatic N) is 2. The molecule has 1 aromatic rings. The predicted molar refractivity (Wildman–Crippen MR) is 78.2 cm³/mol. The summed E-state index contributed by atoms with van der Waals surface area (Å²) >= 11 is 1.23. The molecule has 2 rings (SSSR count). The minimum absolute atomic E-state index is 0.0740. The Hall–Kier alpha value is -1.54. The van der Waals surface area contributed by atoms with Crippen molar-refractivity contribution in [2.24, 2.45) is 0 Å². The van der Waals surface area contributed by atoms with E-state index in [0.717, 1.165) is 19.4 Å². The first kappa shape index (κ1) is 14.9. The minimum atomic E-state index is -0.322. The van der Waals surface area contributed by atoms with E-state index in [2.05, 4.69) is 15.3 Å². The standard InChI is InChI=1S/C12H19N5O2S/c1-7(11(18)15-6-8-3-2-4-19-8)20-12-16-9(13)5-10(14)17-12/h5,7-8H,2-4,6H2,1H3,(H,15,18)(H4,13,14,16,17)/t7-,8-/m1/s1. The summed E-state index contributed by atoms with van der Waals surface area (Å²) in [6.45, 7) is 3.11. The first-order valence-electron chi connectivity index (χ1n) is 6.50. The molecule has 0 bridgehead atoms. The van der Waals surface area contributed by atoms with Gasteiger partial charge in [0.25, 0.3) is 0 Å². The van der Waals surface area contributed by atoms with E-state index in [0.29, 0.717) is 23.3 Å². The van der Waals surface area contributed by atoms with E-state index < -0.39 is 0 Å². The van der Waals surface area contributed by atoms with E-state index in [-0.39, 0.29) is 17.3 Å². The molecule has 7 nitrogen and oxygen atoms in total. The summed E-state index contributed by atoms with van der Waals surface area (Å²) in [5.41, 5.74) is 11.2. The lowest BCUT2D eigenvalue weighted by Crippen LogP contribution is -2.36. The maximum Gasteiger partial charge on any atom is 0.233 e. The summed E-state index contributed by atoms with van der Waals surface area (Å²) in [5, 5.41) is 2.95. The molecular weight excluding hydrogens is 278 g/mol. The highest BCUT2D eigenvalue weighted by molar-refractivity contribution is 8.00. The van der Waals surface area contributed by atoms with Crippen molar-refractivity contribution in [3.8, 4) is 0 Å². The van der Waals surface area contributed by atoms with Gasteiger partial charge in [-0.1, -0.05) is 11.8 Å². The van der Waals surface area contributed by atoms with Gasteiger partial charge < -0.3 is 21.5 Å². The van der Waals surface area contributed by atoms with E-state index in [1.807, 2.05) is 0 Å². The highest BCUT2D eigenvalue weighted by atomic mass is 32.2. The zero-order valence-corrected chi connectivity index (χ0v) is 12.2. The Morgan fingerprint density at radius 2 is 2.25 bits per heavy atom. The van der Waals surface area contributed by atoms with Gasteiger partial charge in [0.2, 0.25) is 5.91 Å². The number of hydrogen-bond donors (Lipinski definition) is 3. The fraction of sp³-hybridized carbons (Fsp3) is 0.583. The molecule has 8 heteroatoms. The summed E-state index contributed by atoms with van der Waals surface area (Å²) in [5.74, 6) is 0.522. The van der Waals surface area contributed by atoms with Crippen LogP contribution in [0.4, 0.5) is 11.6 Å². The van der Waals surface area contributed by atoms with E-state index in [9.17, 15) is 4.79 Å². The van der Waals surface area contributed by atoms with Crippen LogP contribution in [0.2, 0.25) is 0 Å². The molecule has 1 aromatic heterocycles. The Morgan fingerprint density at radius 3 is 2.85 bits per heavy atom. The Balaban J connectivity index is 1.83. The second kappa shape index (κ2) is 6.76. The van der Waals surface area contributed by atoms with E-state index in [1.54, 1.807) is 6.92 Å². The van der Waals surface area contributed by atoms with Crippen LogP contribution in [0.3, 0.4) is 0 Å². The Morgan fingerprint density at radius 1 is 1.55 bits per heavy atom. The SMILES string of the molecule is C[C@@H](Sc1nc(N)cc(N)n1)C(=O)NC[C@H]1CCCO1. The number of amides is 1. The Labute approximate surface area is 121 Å². The van der Waals surface area contributed by atoms with E-state index >= 15 is 0 Å². The number of carbonyl (C=O) groups is 1. The highest BCUT2D eigenvalue weighted by Crippen LogP contribution is 2.21. The molecule has 1 amide bonds. The topological polar surface area (TPSA) is 116 Å². The third kappa shape index (κ3) is 4.24. The Bertz CT molecular complexity index is 459. The zero-order valence-electron chi connectivity index (χ0n) is 11.3. The van der Waals surface area contributed by atoms with Crippen LogP contribution < -0.4 is 16.8 Å². The number of carbonyl (C=O) groups excluding carboxylic acids is 1. The van der Waals surface area contributed by atoms with Crippen LogP contribution in [0.5, 0.6) is 0 Å². The van der Waals surface area contributed by atoms with Crippen molar-refractivity contribution in [2.75, 3.05) is 24.6 Å². The molecule has 0 aromatic carbocycles. The summed E-state index contributed by atoms with van der Waals surface area (Å²) in [6.07, 6.45) is 2.19. The lowest BCUT2D eigenvalue weighted by Gasteiger charge is -2.14. The first-order valence-corrected chi connectivity index (χ1v) is 7.38. The number of nitrogen functional groups attached to an aromatic ring is 2. The van der Waals surface area contributed by atoms with Crippen molar-refractivity contribution < 1.29 is 9.53 Å². The molecule has 1 aliphatic rings. The molecule has 0 spiro atoms. The third-order valence-electron chi connectivity index (χ3n) is 2.92. The van der Waals surface area contributed by atoms with Gasteiger partial charge in [0.1, 0.15) is 11.6 Å². The lowest BCUT2D eigenvalue weighted by atomic mass is 10.2. The third-order valence-corrected chi connectivity index (χ3v) is 3.89. The predicted octanol–water partition coefficient (Wildman–Crippen LogP) is 0.417. The van der Waals surface area contributed by atoms with Crippen molar-refractivity contribution in [3.05, 3.63) is 6.07 Å². The summed E-state index contributed by atoms with van der Waals surface area (Å²) in [4.78, 5) is 20.0. The van der Waals surface area contributed by atoms with Crippen molar-refractivity contribution >= 4 is 29.3 Å². The number of rotatable bonds is 5. The van der Waals surface area contributed by atoms with Crippen LogP contribution >= 0.6 is 11.8 Å². The smallest absolute Gasteiger partial charge is 0.233 e. The number of hydrogen-bond acceptors (Lipinski definition) is 7. The van der Waals surface area contributed by atoms with Crippen LogP contribution in [-0.4, -0.2) is 40.4 Å². The van der Waals surface area contributed by atoms with Gasteiger partial charge in [-0.15, -0.1) is 0 Å². The molecule has 2 atom stereocenters. The zero-order chi connectivity index (χ0) is 14.5. The molecule has 1 saturated heterocycles. The monoisotopic (exact) mass is 297 g/mol. The second-order valence-electron chi connectivity index (χ2n) is 4.64. The van der Waals surface area contributed by atoms with Gasteiger partial charge >= 0.3 is 0 Å². The summed E-state index contributed by atoms with van der Waals surface area (Å²) < 4.78 is 5.45. The van der Waals surface area contributed by atoms with Crippen molar-refractivity contribution in [2.45, 2.75) is 36.3 Å². The highest BCUT2D eigenvalue weighted by Gasteiger charge is 2.20. The van der Waals surface area contributed by atoms with Crippen molar-refractivity contribution in [1.29, 1.82) is 0 Å². The molecule has 110 valence electrons. The molecule has 0 aliphatic carbocycles. The molecule has 0 unspecified atom stereocenters. The van der Waals surface area contributed by atoms with Gasteiger partial charge in [-0.3, -0.25) is 4.79 Å². The Kier molecular flexibility index (Phi) is 5.02. The van der Waals surface area contributed by atoms with Crippen LogP contribution in [0.25, 0.3) is 0 Å². The number of nitrogens with two attached hydrogens (primary N) is 2. The van der Waals surface area contributed by atoms with Crippen LogP contribution in [0, 0.1) is 0 Å². The second-order valence-corrected chi connectivity index (χ2v) is 5.95. The molecule has 2 heterocycles. The average molecular weight is 297 g/mol.